The molecule has 0 amide bonds. The predicted molar refractivity (Wildman–Crippen MR) is 81.1 cm³/mol. The number of alkyl halides is 1. The fraction of sp³-hybridized carbons (Fsp3) is 0.333. The summed E-state index contributed by atoms with van der Waals surface area (Å²) < 4.78 is 17.4. The molecule has 2 aromatic heterocycles. The van der Waals surface area contributed by atoms with Crippen LogP contribution in [0, 0.1) is 12.7 Å². The lowest BCUT2D eigenvalue weighted by atomic mass is 10.3. The molecule has 110 valence electrons. The number of nitrogens with zero attached hydrogens (tertiary/aromatic N) is 4. The molecule has 2 heterocycles. The molecule has 0 bridgehead atoms. The Labute approximate surface area is 127 Å². The monoisotopic (exact) mass is 306 g/mol. The highest BCUT2D eigenvalue weighted by molar-refractivity contribution is 6.17. The number of aromatic nitrogens is 4. The van der Waals surface area contributed by atoms with E-state index in [0.717, 1.165) is 22.4 Å². The van der Waals surface area contributed by atoms with E-state index in [4.69, 9.17) is 11.6 Å². The van der Waals surface area contributed by atoms with Crippen molar-refractivity contribution in [2.24, 2.45) is 0 Å². The van der Waals surface area contributed by atoms with Crippen LogP contribution in [0.5, 0.6) is 0 Å². The Morgan fingerprint density at radius 2 is 2.14 bits per heavy atom. The first kappa shape index (κ1) is 14.1. The Balaban J connectivity index is 1.94. The molecule has 6 heteroatoms. The zero-order valence-corrected chi connectivity index (χ0v) is 12.5. The highest BCUT2D eigenvalue weighted by Crippen LogP contribution is 2.18. The van der Waals surface area contributed by atoms with Gasteiger partial charge in [0.1, 0.15) is 11.6 Å². The van der Waals surface area contributed by atoms with E-state index in [0.29, 0.717) is 25.4 Å². The Bertz CT molecular complexity index is 762. The third kappa shape index (κ3) is 2.93. The number of hydrogen-bond donors (Lipinski definition) is 0. The van der Waals surface area contributed by atoms with Crippen LogP contribution in [0.3, 0.4) is 0 Å². The lowest BCUT2D eigenvalue weighted by Gasteiger charge is -2.08. The quantitative estimate of drug-likeness (QED) is 0.679. The largest absolute Gasteiger partial charge is 0.326 e. The molecule has 4 nitrogen and oxygen atoms in total. The first-order valence-corrected chi connectivity index (χ1v) is 7.40. The van der Waals surface area contributed by atoms with Crippen LogP contribution in [-0.2, 0) is 19.5 Å². The summed E-state index contributed by atoms with van der Waals surface area (Å²) in [6.45, 7) is 3.41. The summed E-state index contributed by atoms with van der Waals surface area (Å²) in [6, 6.07) is 4.66. The van der Waals surface area contributed by atoms with Crippen molar-refractivity contribution in [3.05, 3.63) is 47.8 Å². The van der Waals surface area contributed by atoms with Gasteiger partial charge in [0, 0.05) is 25.0 Å². The minimum Gasteiger partial charge on any atom is -0.326 e. The summed E-state index contributed by atoms with van der Waals surface area (Å²) >= 11 is 5.84. The first-order chi connectivity index (χ1) is 10.2. The number of hydrogen-bond acceptors (Lipinski definition) is 2. The Morgan fingerprint density at radius 3 is 2.86 bits per heavy atom. The van der Waals surface area contributed by atoms with Crippen molar-refractivity contribution in [1.29, 1.82) is 0 Å². The van der Waals surface area contributed by atoms with Gasteiger partial charge in [0.2, 0.25) is 0 Å². The number of halogens is 2. The van der Waals surface area contributed by atoms with Crippen LogP contribution in [0.1, 0.15) is 11.4 Å². The van der Waals surface area contributed by atoms with Crippen molar-refractivity contribution in [3.8, 4) is 0 Å². The summed E-state index contributed by atoms with van der Waals surface area (Å²) in [5, 5.41) is 4.27. The molecule has 0 spiro atoms. The van der Waals surface area contributed by atoms with Gasteiger partial charge in [-0.15, -0.1) is 11.6 Å². The average molecular weight is 307 g/mol. The molecular formula is C15H16ClFN4. The summed E-state index contributed by atoms with van der Waals surface area (Å²) in [5.74, 6) is 1.12. The molecule has 0 saturated carbocycles. The zero-order valence-electron chi connectivity index (χ0n) is 11.8. The van der Waals surface area contributed by atoms with Crippen molar-refractivity contribution in [1.82, 2.24) is 19.3 Å². The molecule has 0 saturated heterocycles. The van der Waals surface area contributed by atoms with E-state index in [1.54, 1.807) is 6.07 Å². The third-order valence-corrected chi connectivity index (χ3v) is 3.61. The van der Waals surface area contributed by atoms with Gasteiger partial charge in [0.25, 0.3) is 0 Å². The number of rotatable bonds is 5. The van der Waals surface area contributed by atoms with E-state index in [2.05, 4.69) is 10.1 Å². The maximum atomic E-state index is 13.5. The predicted octanol–water partition coefficient (Wildman–Crippen LogP) is 3.16. The van der Waals surface area contributed by atoms with Crippen LogP contribution >= 0.6 is 11.6 Å². The molecule has 0 aliphatic carbocycles. The van der Waals surface area contributed by atoms with Gasteiger partial charge in [-0.25, -0.2) is 9.37 Å². The molecule has 1 aromatic carbocycles. The van der Waals surface area contributed by atoms with Gasteiger partial charge in [-0.05, 0) is 30.7 Å². The van der Waals surface area contributed by atoms with Crippen molar-refractivity contribution >= 4 is 22.6 Å². The van der Waals surface area contributed by atoms with Crippen LogP contribution in [0.15, 0.2) is 30.6 Å². The van der Waals surface area contributed by atoms with Crippen LogP contribution in [0.2, 0.25) is 0 Å². The topological polar surface area (TPSA) is 35.6 Å². The van der Waals surface area contributed by atoms with Crippen LogP contribution in [-0.4, -0.2) is 25.2 Å². The van der Waals surface area contributed by atoms with Gasteiger partial charge in [0.05, 0.1) is 23.8 Å². The molecule has 0 fully saturated rings. The highest BCUT2D eigenvalue weighted by Gasteiger charge is 2.11. The smallest absolute Gasteiger partial charge is 0.125 e. The van der Waals surface area contributed by atoms with E-state index in [1.165, 1.54) is 12.1 Å². The van der Waals surface area contributed by atoms with Gasteiger partial charge in [-0.2, -0.15) is 5.10 Å². The van der Waals surface area contributed by atoms with Crippen LogP contribution in [0.25, 0.3) is 11.0 Å². The second kappa shape index (κ2) is 5.85. The second-order valence-corrected chi connectivity index (χ2v) is 5.41. The fourth-order valence-corrected chi connectivity index (χ4v) is 2.63. The lowest BCUT2D eigenvalue weighted by molar-refractivity contribution is 0.529. The number of benzene rings is 1. The first-order valence-electron chi connectivity index (χ1n) is 6.87. The van der Waals surface area contributed by atoms with E-state index < -0.39 is 0 Å². The maximum absolute atomic E-state index is 13.5. The minimum atomic E-state index is -0.254. The van der Waals surface area contributed by atoms with Crippen molar-refractivity contribution in [2.45, 2.75) is 26.4 Å². The van der Waals surface area contributed by atoms with Gasteiger partial charge < -0.3 is 4.57 Å². The minimum absolute atomic E-state index is 0.254. The number of fused-ring (bicyclic) bond motifs is 1. The van der Waals surface area contributed by atoms with Gasteiger partial charge in [-0.1, -0.05) is 0 Å². The SMILES string of the molecule is Cc1cnn(CCn2c(CCCl)nc3ccc(F)cc32)c1. The molecule has 0 aliphatic heterocycles. The average Bonchev–Trinajstić information content (AvgIpc) is 3.01. The van der Waals surface area contributed by atoms with Crippen molar-refractivity contribution in [3.63, 3.8) is 0 Å². The Hall–Kier alpha value is -1.88. The van der Waals surface area contributed by atoms with Gasteiger partial charge in [0.15, 0.2) is 0 Å². The molecule has 0 radical (unpaired) electrons. The van der Waals surface area contributed by atoms with E-state index >= 15 is 0 Å². The molecule has 0 unspecified atom stereocenters. The number of aryl methyl sites for hydroxylation is 4. The van der Waals surface area contributed by atoms with E-state index in [9.17, 15) is 4.39 Å². The van der Waals surface area contributed by atoms with Crippen LogP contribution < -0.4 is 0 Å². The molecule has 0 aliphatic rings. The highest BCUT2D eigenvalue weighted by atomic mass is 35.5. The fourth-order valence-electron chi connectivity index (χ4n) is 2.46. The molecule has 0 atom stereocenters. The second-order valence-electron chi connectivity index (χ2n) is 5.03. The van der Waals surface area contributed by atoms with Crippen LogP contribution in [0.4, 0.5) is 4.39 Å². The van der Waals surface area contributed by atoms with Crippen molar-refractivity contribution < 1.29 is 4.39 Å². The summed E-state index contributed by atoms with van der Waals surface area (Å²) in [4.78, 5) is 4.54. The van der Waals surface area contributed by atoms with Gasteiger partial charge >= 0.3 is 0 Å². The molecular weight excluding hydrogens is 291 g/mol. The summed E-state index contributed by atoms with van der Waals surface area (Å²) in [5.41, 5.74) is 2.73. The van der Waals surface area contributed by atoms with E-state index in [-0.39, 0.29) is 5.82 Å². The summed E-state index contributed by atoms with van der Waals surface area (Å²) in [6.07, 6.45) is 4.47. The molecule has 3 rings (SSSR count). The normalized spacial score (nSPS) is 11.4. The number of imidazole rings is 1. The Kier molecular flexibility index (Phi) is 3.92. The molecule has 21 heavy (non-hydrogen) atoms. The van der Waals surface area contributed by atoms with Crippen molar-refractivity contribution in [2.75, 3.05) is 5.88 Å². The standard InChI is InChI=1S/C15H16ClFN4/c1-11-9-18-20(10-11)6-7-21-14-8-12(17)2-3-13(14)19-15(21)4-5-16/h2-3,8-10H,4-7H2,1H3. The summed E-state index contributed by atoms with van der Waals surface area (Å²) in [7, 11) is 0. The molecule has 0 N–H and O–H groups in total. The van der Waals surface area contributed by atoms with Gasteiger partial charge in [-0.3, -0.25) is 4.68 Å². The lowest BCUT2D eigenvalue weighted by Crippen LogP contribution is -2.11. The zero-order chi connectivity index (χ0) is 14.8. The maximum Gasteiger partial charge on any atom is 0.125 e. The third-order valence-electron chi connectivity index (χ3n) is 3.42. The van der Waals surface area contributed by atoms with E-state index in [1.807, 2.05) is 28.6 Å². The Morgan fingerprint density at radius 1 is 1.29 bits per heavy atom. The molecule has 3 aromatic rings.